The summed E-state index contributed by atoms with van der Waals surface area (Å²) in [6.07, 6.45) is 3.16. The highest BCUT2D eigenvalue weighted by Gasteiger charge is 2.35. The Labute approximate surface area is 147 Å². The van der Waals surface area contributed by atoms with Gasteiger partial charge in [-0.1, -0.05) is 37.3 Å². The lowest BCUT2D eigenvalue weighted by molar-refractivity contribution is 0.0708. The number of nitrogens with zero attached hydrogens (tertiary/aromatic N) is 2. The van der Waals surface area contributed by atoms with Gasteiger partial charge in [0.2, 0.25) is 0 Å². The molecular weight excluding hydrogens is 320 g/mol. The van der Waals surface area contributed by atoms with E-state index in [9.17, 15) is 4.79 Å². The van der Waals surface area contributed by atoms with Crippen molar-refractivity contribution >= 4 is 17.2 Å². The Morgan fingerprint density at radius 2 is 2.21 bits per heavy atom. The lowest BCUT2D eigenvalue weighted by Crippen LogP contribution is -2.39. The molecular formula is C19H24N2O2S. The minimum Gasteiger partial charge on any atom is -0.378 e. The number of aromatic nitrogens is 1. The van der Waals surface area contributed by atoms with E-state index in [1.807, 2.05) is 16.3 Å². The molecule has 2 atom stereocenters. The molecule has 0 bridgehead atoms. The van der Waals surface area contributed by atoms with Crippen LogP contribution in [0.25, 0.3) is 0 Å². The fraction of sp³-hybridized carbons (Fsp3) is 0.474. The van der Waals surface area contributed by atoms with Crippen LogP contribution in [0.1, 0.15) is 53.2 Å². The van der Waals surface area contributed by atoms with Crippen LogP contribution >= 0.6 is 11.3 Å². The Bertz CT molecular complexity index is 671. The lowest BCUT2D eigenvalue weighted by Gasteiger charge is -2.31. The fourth-order valence-corrected chi connectivity index (χ4v) is 4.38. The first-order valence-electron chi connectivity index (χ1n) is 8.53. The standard InChI is InChI=1S/C19H24N2O2S/c1-3-15(14-8-5-4-6-9-14)17-10-7-11-21(17)19(22)16-13-24-18(20-16)12-23-2/h4-6,8-9,13,15,17H,3,7,10-12H2,1-2H3/t15-,17+/m0/s1. The number of ether oxygens (including phenoxy) is 1. The van der Waals surface area contributed by atoms with Crippen molar-refractivity contribution < 1.29 is 9.53 Å². The van der Waals surface area contributed by atoms with E-state index in [0.717, 1.165) is 30.8 Å². The average molecular weight is 344 g/mol. The van der Waals surface area contributed by atoms with Gasteiger partial charge in [0.25, 0.3) is 5.91 Å². The van der Waals surface area contributed by atoms with Gasteiger partial charge in [-0.05, 0) is 24.8 Å². The Morgan fingerprint density at radius 3 is 2.92 bits per heavy atom. The zero-order chi connectivity index (χ0) is 16.9. The van der Waals surface area contributed by atoms with E-state index in [1.165, 1.54) is 16.9 Å². The molecule has 1 saturated heterocycles. The van der Waals surface area contributed by atoms with Crippen molar-refractivity contribution in [3.63, 3.8) is 0 Å². The van der Waals surface area contributed by atoms with E-state index in [2.05, 4.69) is 36.2 Å². The van der Waals surface area contributed by atoms with Crippen molar-refractivity contribution in [3.05, 3.63) is 52.0 Å². The number of carbonyl (C=O) groups is 1. The molecule has 0 N–H and O–H groups in total. The third-order valence-electron chi connectivity index (χ3n) is 4.73. The Morgan fingerprint density at radius 1 is 1.42 bits per heavy atom. The van der Waals surface area contributed by atoms with Crippen LogP contribution in [0.2, 0.25) is 0 Å². The Hall–Kier alpha value is -1.72. The van der Waals surface area contributed by atoms with Crippen molar-refractivity contribution in [3.8, 4) is 0 Å². The fourth-order valence-electron chi connectivity index (χ4n) is 3.64. The van der Waals surface area contributed by atoms with Crippen LogP contribution in [0.4, 0.5) is 0 Å². The summed E-state index contributed by atoms with van der Waals surface area (Å²) in [5, 5.41) is 2.71. The van der Waals surface area contributed by atoms with E-state index in [-0.39, 0.29) is 11.9 Å². The largest absolute Gasteiger partial charge is 0.378 e. The molecule has 0 radical (unpaired) electrons. The van der Waals surface area contributed by atoms with E-state index in [1.54, 1.807) is 7.11 Å². The van der Waals surface area contributed by atoms with Gasteiger partial charge in [-0.15, -0.1) is 11.3 Å². The number of amides is 1. The maximum absolute atomic E-state index is 13.0. The molecule has 1 fully saturated rings. The van der Waals surface area contributed by atoms with Gasteiger partial charge < -0.3 is 9.64 Å². The van der Waals surface area contributed by atoms with Crippen molar-refractivity contribution in [2.45, 2.75) is 44.8 Å². The zero-order valence-electron chi connectivity index (χ0n) is 14.3. The van der Waals surface area contributed by atoms with Crippen LogP contribution in [0.3, 0.4) is 0 Å². The van der Waals surface area contributed by atoms with Crippen molar-refractivity contribution in [2.24, 2.45) is 0 Å². The maximum Gasteiger partial charge on any atom is 0.273 e. The Kier molecular flexibility index (Phi) is 5.63. The highest BCUT2D eigenvalue weighted by Crippen LogP contribution is 2.34. The molecule has 0 spiro atoms. The molecule has 3 rings (SSSR count). The van der Waals surface area contributed by atoms with E-state index >= 15 is 0 Å². The molecule has 1 aliphatic heterocycles. The summed E-state index contributed by atoms with van der Waals surface area (Å²) < 4.78 is 5.10. The van der Waals surface area contributed by atoms with Crippen molar-refractivity contribution in [1.29, 1.82) is 0 Å². The second-order valence-corrected chi connectivity index (χ2v) is 7.14. The molecule has 2 heterocycles. The second-order valence-electron chi connectivity index (χ2n) is 6.19. The number of hydrogen-bond donors (Lipinski definition) is 0. The predicted molar refractivity (Wildman–Crippen MR) is 96.4 cm³/mol. The molecule has 1 amide bonds. The molecule has 1 aromatic heterocycles. The topological polar surface area (TPSA) is 42.4 Å². The number of benzene rings is 1. The van der Waals surface area contributed by atoms with Crippen molar-refractivity contribution in [1.82, 2.24) is 9.88 Å². The van der Waals surface area contributed by atoms with Gasteiger partial charge in [0.05, 0.1) is 6.61 Å². The van der Waals surface area contributed by atoms with Crippen LogP contribution in [0.15, 0.2) is 35.7 Å². The summed E-state index contributed by atoms with van der Waals surface area (Å²) in [6, 6.07) is 10.8. The van der Waals surface area contributed by atoms with Crippen molar-refractivity contribution in [2.75, 3.05) is 13.7 Å². The molecule has 5 heteroatoms. The summed E-state index contributed by atoms with van der Waals surface area (Å²) in [5.41, 5.74) is 1.88. The SMILES string of the molecule is CC[C@@H](c1ccccc1)[C@H]1CCCN1C(=O)c1csc(COC)n1. The van der Waals surface area contributed by atoms with E-state index in [4.69, 9.17) is 4.74 Å². The van der Waals surface area contributed by atoms with Gasteiger partial charge in [0.1, 0.15) is 10.7 Å². The monoisotopic (exact) mass is 344 g/mol. The highest BCUT2D eigenvalue weighted by molar-refractivity contribution is 7.09. The third-order valence-corrected chi connectivity index (χ3v) is 5.55. The van der Waals surface area contributed by atoms with Gasteiger partial charge >= 0.3 is 0 Å². The number of rotatable bonds is 6. The number of hydrogen-bond acceptors (Lipinski definition) is 4. The molecule has 1 aromatic carbocycles. The van der Waals surface area contributed by atoms with Gasteiger partial charge in [0.15, 0.2) is 0 Å². The van der Waals surface area contributed by atoms with Crippen LogP contribution in [0.5, 0.6) is 0 Å². The molecule has 4 nitrogen and oxygen atoms in total. The van der Waals surface area contributed by atoms with Gasteiger partial charge in [-0.2, -0.15) is 0 Å². The van der Waals surface area contributed by atoms with Gasteiger partial charge in [-0.3, -0.25) is 4.79 Å². The molecule has 128 valence electrons. The number of carbonyl (C=O) groups excluding carboxylic acids is 1. The maximum atomic E-state index is 13.0. The van der Waals surface area contributed by atoms with E-state index < -0.39 is 0 Å². The first-order chi connectivity index (χ1) is 11.7. The summed E-state index contributed by atoms with van der Waals surface area (Å²) in [4.78, 5) is 19.4. The number of thiazole rings is 1. The quantitative estimate of drug-likeness (QED) is 0.793. The predicted octanol–water partition coefficient (Wildman–Crippen LogP) is 4.09. The molecule has 24 heavy (non-hydrogen) atoms. The summed E-state index contributed by atoms with van der Waals surface area (Å²) in [5.74, 6) is 0.445. The molecule has 2 aromatic rings. The minimum atomic E-state index is 0.0606. The second kappa shape index (κ2) is 7.90. The van der Waals surface area contributed by atoms with Gasteiger partial charge in [0, 0.05) is 31.0 Å². The van der Waals surface area contributed by atoms with Crippen LogP contribution in [-0.4, -0.2) is 35.5 Å². The summed E-state index contributed by atoms with van der Waals surface area (Å²) in [7, 11) is 1.64. The number of methoxy groups -OCH3 is 1. The Balaban J connectivity index is 1.80. The zero-order valence-corrected chi connectivity index (χ0v) is 15.1. The molecule has 0 aliphatic carbocycles. The highest BCUT2D eigenvalue weighted by atomic mass is 32.1. The lowest BCUT2D eigenvalue weighted by atomic mass is 9.87. The molecule has 0 saturated carbocycles. The summed E-state index contributed by atoms with van der Waals surface area (Å²) >= 11 is 1.49. The van der Waals surface area contributed by atoms with Crippen LogP contribution in [-0.2, 0) is 11.3 Å². The molecule has 1 aliphatic rings. The van der Waals surface area contributed by atoms with Crippen LogP contribution in [0, 0.1) is 0 Å². The minimum absolute atomic E-state index is 0.0606. The number of likely N-dealkylation sites (tertiary alicyclic amines) is 1. The third kappa shape index (κ3) is 3.52. The first kappa shape index (κ1) is 17.1. The first-order valence-corrected chi connectivity index (χ1v) is 9.41. The molecule has 0 unspecified atom stereocenters. The average Bonchev–Trinajstić information content (AvgIpc) is 3.26. The smallest absolute Gasteiger partial charge is 0.273 e. The van der Waals surface area contributed by atoms with Crippen LogP contribution < -0.4 is 0 Å². The summed E-state index contributed by atoms with van der Waals surface area (Å²) in [6.45, 7) is 3.49. The normalized spacial score (nSPS) is 18.8. The van der Waals surface area contributed by atoms with Gasteiger partial charge in [-0.25, -0.2) is 4.98 Å². The van der Waals surface area contributed by atoms with E-state index in [0.29, 0.717) is 18.2 Å².